The maximum absolute atomic E-state index is 11.7. The lowest BCUT2D eigenvalue weighted by Gasteiger charge is -2.49. The van der Waals surface area contributed by atoms with Crippen molar-refractivity contribution in [1.82, 2.24) is 0 Å². The Morgan fingerprint density at radius 1 is 0.935 bits per heavy atom. The van der Waals surface area contributed by atoms with Gasteiger partial charge in [-0.1, -0.05) is 43.4 Å². The Hall–Kier alpha value is -1.65. The fourth-order valence-corrected chi connectivity index (χ4v) is 8.40. The van der Waals surface area contributed by atoms with Gasteiger partial charge in [-0.05, 0) is 104 Å². The van der Waals surface area contributed by atoms with E-state index in [1.54, 1.807) is 12.2 Å². The van der Waals surface area contributed by atoms with Crippen molar-refractivity contribution in [2.45, 2.75) is 177 Å². The van der Waals surface area contributed by atoms with E-state index in [2.05, 4.69) is 39.5 Å². The van der Waals surface area contributed by atoms with Gasteiger partial charge in [-0.3, -0.25) is 4.79 Å². The van der Waals surface area contributed by atoms with E-state index in [0.29, 0.717) is 25.7 Å². The van der Waals surface area contributed by atoms with Gasteiger partial charge < -0.3 is 33.9 Å². The molecule has 5 rings (SSSR count). The molecule has 5 aliphatic heterocycles. The van der Waals surface area contributed by atoms with Gasteiger partial charge in [0.05, 0.1) is 65.6 Å². The molecule has 5 heterocycles. The van der Waals surface area contributed by atoms with Crippen LogP contribution in [0.3, 0.4) is 0 Å². The van der Waals surface area contributed by atoms with E-state index >= 15 is 0 Å². The Morgan fingerprint density at radius 2 is 1.63 bits per heavy atom. The van der Waals surface area contributed by atoms with Crippen LogP contribution >= 0.6 is 0 Å². The number of allylic oxidation sites excluding steroid dienone is 6. The van der Waals surface area contributed by atoms with Crippen molar-refractivity contribution >= 4 is 6.29 Å². The van der Waals surface area contributed by atoms with Gasteiger partial charge >= 0.3 is 0 Å². The molecule has 46 heavy (non-hydrogen) atoms. The van der Waals surface area contributed by atoms with Crippen LogP contribution in [0.5, 0.6) is 0 Å². The number of hydrogen-bond acceptors (Lipinski definition) is 8. The van der Waals surface area contributed by atoms with Gasteiger partial charge in [-0.25, -0.2) is 0 Å². The molecule has 2 N–H and O–H groups in total. The third kappa shape index (κ3) is 7.64. The quantitative estimate of drug-likeness (QED) is 0.186. The van der Waals surface area contributed by atoms with Crippen LogP contribution in [0.1, 0.15) is 106 Å². The summed E-state index contributed by atoms with van der Waals surface area (Å²) in [7, 11) is 0. The molecule has 0 aliphatic carbocycles. The fraction of sp³-hybridized carbons (Fsp3) is 0.763. The molecule has 0 radical (unpaired) electrons. The summed E-state index contributed by atoms with van der Waals surface area (Å²) < 4.78 is 34.1. The summed E-state index contributed by atoms with van der Waals surface area (Å²) in [5.74, 6) is 0.256. The zero-order valence-electron chi connectivity index (χ0n) is 28.9. The normalized spacial score (nSPS) is 47.0. The van der Waals surface area contributed by atoms with E-state index in [1.807, 2.05) is 26.8 Å². The highest BCUT2D eigenvalue weighted by molar-refractivity contribution is 5.67. The highest BCUT2D eigenvalue weighted by Gasteiger charge is 2.58. The van der Waals surface area contributed by atoms with Gasteiger partial charge in [-0.15, -0.1) is 0 Å². The fourth-order valence-electron chi connectivity index (χ4n) is 8.40. The van der Waals surface area contributed by atoms with E-state index in [9.17, 15) is 15.0 Å². The number of hydrogen-bond donors (Lipinski definition) is 2. The predicted molar refractivity (Wildman–Crippen MR) is 177 cm³/mol. The molecule has 258 valence electrons. The molecule has 8 heteroatoms. The third-order valence-electron chi connectivity index (χ3n) is 11.7. The molecule has 0 unspecified atom stereocenters. The van der Waals surface area contributed by atoms with Crippen LogP contribution in [0.4, 0.5) is 0 Å². The van der Waals surface area contributed by atoms with Crippen molar-refractivity contribution in [3.63, 3.8) is 0 Å². The van der Waals surface area contributed by atoms with E-state index in [0.717, 1.165) is 56.0 Å². The van der Waals surface area contributed by atoms with Crippen LogP contribution in [-0.2, 0) is 28.5 Å². The smallest absolute Gasteiger partial charge is 0.143 e. The highest BCUT2D eigenvalue weighted by Crippen LogP contribution is 2.49. The topological polar surface area (TPSA) is 104 Å². The molecular formula is C38H58O8. The van der Waals surface area contributed by atoms with Gasteiger partial charge in [0.15, 0.2) is 0 Å². The Kier molecular flexibility index (Phi) is 11.2. The van der Waals surface area contributed by atoms with Crippen LogP contribution in [0.25, 0.3) is 0 Å². The summed E-state index contributed by atoms with van der Waals surface area (Å²) in [5, 5.41) is 23.0. The van der Waals surface area contributed by atoms with E-state index < -0.39 is 29.0 Å². The standard InChI is InChI=1S/C38H58O8/c1-8-9-10-11-12-32-36(5,41)18-15-29-30(42-32)16-19-37(6)34(43-29)22-31-35(46-37)27(40)23-38(7)33(44-31)21-26(4)28(45-38)14-13-24(2)25(3)17-20-39/h8-10,13,17,20,26-35,40-41H,1,11-12,14-16,18-19,21-23H2,2-7H3/b10-9-,24-13+,25-17+/t26-,27-,28-,29+,30-,31+,32+,33-,34-,35-,36+,37+,38+/m0/s1. The van der Waals surface area contributed by atoms with Crippen molar-refractivity contribution < 1.29 is 38.7 Å². The van der Waals surface area contributed by atoms with Gasteiger partial charge in [0.1, 0.15) is 12.4 Å². The molecule has 5 fully saturated rings. The van der Waals surface area contributed by atoms with E-state index in [4.69, 9.17) is 23.7 Å². The van der Waals surface area contributed by atoms with Crippen molar-refractivity contribution in [1.29, 1.82) is 0 Å². The van der Waals surface area contributed by atoms with Gasteiger partial charge in [0.2, 0.25) is 0 Å². The summed E-state index contributed by atoms with van der Waals surface area (Å²) in [6.45, 7) is 16.0. The van der Waals surface area contributed by atoms with Crippen LogP contribution in [0.2, 0.25) is 0 Å². The molecular weight excluding hydrogens is 584 g/mol. The molecule has 5 saturated heterocycles. The SMILES string of the molecule is C=C/C=C\CC[C@H]1O[C@H]2CC[C@@]3(C)O[C@H]4[C@@H](O)C[C@@]5(C)O[C@@H](C/C=C(C)/C(C)=C/C=O)[C@@H](C)C[C@@H]5O[C@@H]4C[C@@H]3O[C@@H]2CC[C@@]1(C)O. The summed E-state index contributed by atoms with van der Waals surface area (Å²) in [5.41, 5.74) is -0.150. The Morgan fingerprint density at radius 3 is 2.37 bits per heavy atom. The molecule has 0 saturated carbocycles. The van der Waals surface area contributed by atoms with Gasteiger partial charge in [0, 0.05) is 12.8 Å². The van der Waals surface area contributed by atoms with Crippen molar-refractivity contribution in [3.8, 4) is 0 Å². The minimum absolute atomic E-state index is 0.0183. The number of fused-ring (bicyclic) bond motifs is 4. The lowest BCUT2D eigenvalue weighted by atomic mass is 9.79. The van der Waals surface area contributed by atoms with Gasteiger partial charge in [0.25, 0.3) is 0 Å². The second-order valence-corrected chi connectivity index (χ2v) is 15.4. The zero-order chi connectivity index (χ0) is 33.3. The van der Waals surface area contributed by atoms with Crippen molar-refractivity contribution in [3.05, 3.63) is 48.1 Å². The van der Waals surface area contributed by atoms with E-state index in [-0.39, 0.29) is 48.6 Å². The number of carbonyl (C=O) groups excluding carboxylic acids is 1. The monoisotopic (exact) mass is 642 g/mol. The van der Waals surface area contributed by atoms with E-state index in [1.165, 1.54) is 0 Å². The average Bonchev–Trinajstić information content (AvgIpc) is 3.26. The summed E-state index contributed by atoms with van der Waals surface area (Å²) in [6.07, 6.45) is 14.8. The third-order valence-corrected chi connectivity index (χ3v) is 11.7. The molecule has 0 aromatic carbocycles. The first-order chi connectivity index (χ1) is 21.8. The Bertz CT molecular complexity index is 1180. The predicted octanol–water partition coefficient (Wildman–Crippen LogP) is 6.09. The number of carbonyl (C=O) groups is 1. The number of ether oxygens (including phenoxy) is 5. The molecule has 5 aliphatic rings. The maximum Gasteiger partial charge on any atom is 0.143 e. The molecule has 8 nitrogen and oxygen atoms in total. The van der Waals surface area contributed by atoms with Crippen LogP contribution < -0.4 is 0 Å². The number of aldehydes is 1. The Balaban J connectivity index is 1.29. The molecule has 0 aromatic rings. The second kappa shape index (κ2) is 14.5. The maximum atomic E-state index is 11.7. The highest BCUT2D eigenvalue weighted by atomic mass is 16.6. The zero-order valence-corrected chi connectivity index (χ0v) is 28.9. The largest absolute Gasteiger partial charge is 0.390 e. The van der Waals surface area contributed by atoms with Crippen LogP contribution in [-0.4, -0.2) is 88.2 Å². The lowest BCUT2D eigenvalue weighted by molar-refractivity contribution is -0.273. The number of aliphatic hydroxyl groups excluding tert-OH is 1. The summed E-state index contributed by atoms with van der Waals surface area (Å²) in [6, 6.07) is 0. The second-order valence-electron chi connectivity index (χ2n) is 15.4. The summed E-state index contributed by atoms with van der Waals surface area (Å²) >= 11 is 0. The molecule has 0 aromatic heterocycles. The van der Waals surface area contributed by atoms with Crippen LogP contribution in [0, 0.1) is 5.92 Å². The minimum Gasteiger partial charge on any atom is -0.390 e. The first-order valence-corrected chi connectivity index (χ1v) is 17.6. The molecule has 0 bridgehead atoms. The lowest BCUT2D eigenvalue weighted by Crippen LogP contribution is -2.59. The number of rotatable bonds is 8. The number of aliphatic hydroxyl groups is 2. The first-order valence-electron chi connectivity index (χ1n) is 17.6. The molecule has 0 spiro atoms. The Labute approximate surface area is 276 Å². The van der Waals surface area contributed by atoms with Gasteiger partial charge in [-0.2, -0.15) is 0 Å². The first kappa shape index (κ1) is 35.7. The minimum atomic E-state index is -0.928. The van der Waals surface area contributed by atoms with Crippen LogP contribution in [0.15, 0.2) is 48.1 Å². The summed E-state index contributed by atoms with van der Waals surface area (Å²) in [4.78, 5) is 10.9. The molecule has 0 amide bonds. The molecule has 13 atom stereocenters. The van der Waals surface area contributed by atoms with Crippen molar-refractivity contribution in [2.75, 3.05) is 0 Å². The average molecular weight is 643 g/mol. The van der Waals surface area contributed by atoms with Crippen molar-refractivity contribution in [2.24, 2.45) is 5.92 Å².